The van der Waals surface area contributed by atoms with Gasteiger partial charge in [0.15, 0.2) is 0 Å². The van der Waals surface area contributed by atoms with Crippen molar-refractivity contribution in [2.45, 2.75) is 19.8 Å². The van der Waals surface area contributed by atoms with Gasteiger partial charge in [0.25, 0.3) is 0 Å². The van der Waals surface area contributed by atoms with Crippen LogP contribution in [0.3, 0.4) is 0 Å². The van der Waals surface area contributed by atoms with Crippen molar-refractivity contribution in [2.24, 2.45) is 0 Å². The van der Waals surface area contributed by atoms with E-state index in [2.05, 4.69) is 0 Å². The first-order valence-electron chi connectivity index (χ1n) is 8.27. The van der Waals surface area contributed by atoms with E-state index in [1.807, 2.05) is 0 Å². The fourth-order valence-electron chi connectivity index (χ4n) is 3.17. The van der Waals surface area contributed by atoms with Crippen molar-refractivity contribution >= 4 is 0 Å². The highest BCUT2D eigenvalue weighted by Gasteiger charge is 2.28. The number of benzene rings is 3. The first-order valence-corrected chi connectivity index (χ1v) is 8.27. The van der Waals surface area contributed by atoms with Gasteiger partial charge in [0, 0.05) is 39.8 Å². The summed E-state index contributed by atoms with van der Waals surface area (Å²) < 4.78 is 0. The largest absolute Gasteiger partial charge is 0.508 e. The van der Waals surface area contributed by atoms with Crippen LogP contribution in [0, 0.1) is 13.8 Å². The van der Waals surface area contributed by atoms with Crippen molar-refractivity contribution < 1.29 is 30.6 Å². The van der Waals surface area contributed by atoms with Gasteiger partial charge < -0.3 is 30.6 Å². The molecule has 6 nitrogen and oxygen atoms in total. The van der Waals surface area contributed by atoms with Crippen molar-refractivity contribution in [3.63, 3.8) is 0 Å². The third kappa shape index (κ3) is 3.06. The monoisotopic (exact) mass is 368 g/mol. The normalized spacial score (nSPS) is 11.1. The van der Waals surface area contributed by atoms with Gasteiger partial charge >= 0.3 is 0 Å². The summed E-state index contributed by atoms with van der Waals surface area (Å²) in [5.74, 6) is -1.71. The van der Waals surface area contributed by atoms with E-state index >= 15 is 0 Å². The van der Waals surface area contributed by atoms with Crippen LogP contribution in [-0.4, -0.2) is 30.6 Å². The quantitative estimate of drug-likeness (QED) is 0.392. The summed E-state index contributed by atoms with van der Waals surface area (Å²) in [4.78, 5) is 0. The number of hydrogen-bond acceptors (Lipinski definition) is 6. The maximum absolute atomic E-state index is 10.6. The third-order valence-electron chi connectivity index (χ3n) is 4.81. The molecule has 0 saturated heterocycles. The van der Waals surface area contributed by atoms with Gasteiger partial charge in [-0.1, -0.05) is 18.2 Å². The third-order valence-corrected chi connectivity index (χ3v) is 4.81. The Balaban J connectivity index is 2.35. The first kappa shape index (κ1) is 18.3. The molecule has 0 aromatic heterocycles. The first-order chi connectivity index (χ1) is 12.7. The number of phenols is 6. The smallest absolute Gasteiger partial charge is 0.126 e. The molecule has 3 aromatic rings. The Hall–Kier alpha value is -3.54. The fraction of sp³-hybridized carbons (Fsp3) is 0.143. The molecule has 6 N–H and O–H groups in total. The summed E-state index contributed by atoms with van der Waals surface area (Å²) in [6.45, 7) is 3.09. The topological polar surface area (TPSA) is 121 Å². The molecule has 0 fully saturated rings. The summed E-state index contributed by atoms with van der Waals surface area (Å²) in [7, 11) is 0. The maximum atomic E-state index is 10.6. The zero-order valence-electron chi connectivity index (χ0n) is 14.8. The molecule has 0 aliphatic carbocycles. The van der Waals surface area contributed by atoms with Crippen LogP contribution in [0.4, 0.5) is 0 Å². The van der Waals surface area contributed by atoms with Crippen LogP contribution in [0.2, 0.25) is 0 Å². The summed E-state index contributed by atoms with van der Waals surface area (Å²) >= 11 is 0. The molecule has 0 radical (unpaired) electrons. The van der Waals surface area contributed by atoms with Crippen LogP contribution in [0.15, 0.2) is 42.5 Å². The maximum Gasteiger partial charge on any atom is 0.126 e. The Bertz CT molecular complexity index is 968. The van der Waals surface area contributed by atoms with E-state index < -0.39 is 5.92 Å². The average Bonchev–Trinajstić information content (AvgIpc) is 2.62. The van der Waals surface area contributed by atoms with Crippen LogP contribution in [0.1, 0.15) is 33.7 Å². The van der Waals surface area contributed by atoms with Crippen LogP contribution in [-0.2, 0) is 0 Å². The molecule has 0 heterocycles. The van der Waals surface area contributed by atoms with Gasteiger partial charge in [0.05, 0.1) is 0 Å². The van der Waals surface area contributed by atoms with Gasteiger partial charge in [0.2, 0.25) is 0 Å². The number of phenolic OH excluding ortho intramolecular Hbond substituents is 6. The van der Waals surface area contributed by atoms with Crippen molar-refractivity contribution in [1.29, 1.82) is 0 Å². The minimum atomic E-state index is -0.816. The highest BCUT2D eigenvalue weighted by molar-refractivity contribution is 5.61. The zero-order chi connectivity index (χ0) is 19.9. The highest BCUT2D eigenvalue weighted by Crippen LogP contribution is 2.47. The van der Waals surface area contributed by atoms with Crippen LogP contribution < -0.4 is 0 Å². The van der Waals surface area contributed by atoms with Gasteiger partial charge in [0.1, 0.15) is 34.5 Å². The van der Waals surface area contributed by atoms with Crippen molar-refractivity contribution in [3.05, 3.63) is 70.3 Å². The van der Waals surface area contributed by atoms with E-state index in [9.17, 15) is 30.6 Å². The number of hydrogen-bond donors (Lipinski definition) is 6. The molecule has 0 atom stereocenters. The second-order valence-electron chi connectivity index (χ2n) is 6.47. The van der Waals surface area contributed by atoms with Crippen LogP contribution in [0.25, 0.3) is 0 Å². The Morgan fingerprint density at radius 2 is 1.00 bits per heavy atom. The number of aromatic hydroxyl groups is 6. The second kappa shape index (κ2) is 6.64. The lowest BCUT2D eigenvalue weighted by Crippen LogP contribution is -2.06. The molecule has 0 spiro atoms. The average molecular weight is 368 g/mol. The van der Waals surface area contributed by atoms with Gasteiger partial charge in [-0.05, 0) is 32.0 Å². The van der Waals surface area contributed by atoms with E-state index in [0.29, 0.717) is 16.7 Å². The minimum absolute atomic E-state index is 0.0870. The van der Waals surface area contributed by atoms with Gasteiger partial charge in [-0.3, -0.25) is 0 Å². The molecule has 0 saturated carbocycles. The Morgan fingerprint density at radius 3 is 1.44 bits per heavy atom. The molecule has 0 unspecified atom stereocenters. The zero-order valence-corrected chi connectivity index (χ0v) is 14.8. The van der Waals surface area contributed by atoms with Crippen LogP contribution >= 0.6 is 0 Å². The van der Waals surface area contributed by atoms with Crippen molar-refractivity contribution in [3.8, 4) is 34.5 Å². The van der Waals surface area contributed by atoms with Gasteiger partial charge in [-0.2, -0.15) is 0 Å². The Kier molecular flexibility index (Phi) is 4.49. The Morgan fingerprint density at radius 1 is 0.556 bits per heavy atom. The standard InChI is InChI=1S/C21H20O6/c1-10-16(23)7-5-14(20(10)26)19(13-4-3-12(22)9-18(13)25)15-6-8-17(24)11(2)21(15)27/h3-9,19,22-27H,1-2H3. The van der Waals surface area contributed by atoms with Crippen molar-refractivity contribution in [1.82, 2.24) is 0 Å². The Labute approximate surface area is 155 Å². The molecular formula is C21H20O6. The predicted molar refractivity (Wildman–Crippen MR) is 99.7 cm³/mol. The molecule has 3 aromatic carbocycles. The summed E-state index contributed by atoms with van der Waals surface area (Å²) in [5.41, 5.74) is 1.52. The predicted octanol–water partition coefficient (Wildman–Crippen LogP) is 3.72. The molecule has 3 rings (SSSR count). The SMILES string of the molecule is Cc1c(O)ccc(C(c2ccc(O)cc2O)c2ccc(O)c(C)c2O)c1O. The molecular weight excluding hydrogens is 348 g/mol. The molecule has 27 heavy (non-hydrogen) atoms. The summed E-state index contributed by atoms with van der Waals surface area (Å²) in [5, 5.41) is 60.9. The lowest BCUT2D eigenvalue weighted by molar-refractivity contribution is 0.429. The molecule has 140 valence electrons. The number of rotatable bonds is 3. The van der Waals surface area contributed by atoms with E-state index in [-0.39, 0.29) is 45.6 Å². The van der Waals surface area contributed by atoms with E-state index in [1.54, 1.807) is 13.8 Å². The lowest BCUT2D eigenvalue weighted by Gasteiger charge is -2.23. The summed E-state index contributed by atoms with van der Waals surface area (Å²) in [6, 6.07) is 9.86. The van der Waals surface area contributed by atoms with Gasteiger partial charge in [-0.25, -0.2) is 0 Å². The van der Waals surface area contributed by atoms with E-state index in [4.69, 9.17) is 0 Å². The molecule has 6 heteroatoms. The van der Waals surface area contributed by atoms with E-state index in [0.717, 1.165) is 6.07 Å². The summed E-state index contributed by atoms with van der Waals surface area (Å²) in [6.07, 6.45) is 0. The highest BCUT2D eigenvalue weighted by atomic mass is 16.3. The molecule has 0 amide bonds. The fourth-order valence-corrected chi connectivity index (χ4v) is 3.17. The van der Waals surface area contributed by atoms with Crippen molar-refractivity contribution in [2.75, 3.05) is 0 Å². The van der Waals surface area contributed by atoms with E-state index in [1.165, 1.54) is 36.4 Å². The lowest BCUT2D eigenvalue weighted by atomic mass is 9.82. The molecule has 0 aliphatic rings. The van der Waals surface area contributed by atoms with Crippen LogP contribution in [0.5, 0.6) is 34.5 Å². The van der Waals surface area contributed by atoms with Gasteiger partial charge in [-0.15, -0.1) is 0 Å². The molecule has 0 aliphatic heterocycles. The minimum Gasteiger partial charge on any atom is -0.508 e. The second-order valence-corrected chi connectivity index (χ2v) is 6.47. The molecule has 0 bridgehead atoms.